The Morgan fingerprint density at radius 3 is 0.183 bits per heavy atom. The van der Waals surface area contributed by atoms with Gasteiger partial charge in [0, 0.05) is 0 Å². The predicted octanol–water partition coefficient (Wildman–Crippen LogP) is 16.7. The first-order valence-electron chi connectivity index (χ1n) is 20.8. The maximum Gasteiger partial charge on any atom is -0.00990 e. The third kappa shape index (κ3) is 6.01. The van der Waals surface area contributed by atoms with E-state index >= 15 is 0 Å². The topological polar surface area (TPSA) is 0 Å². The second-order valence-corrected chi connectivity index (χ2v) is 15.5. The van der Waals surface area contributed by atoms with Gasteiger partial charge < -0.3 is 0 Å². The van der Waals surface area contributed by atoms with E-state index in [4.69, 9.17) is 0 Å². The first-order chi connectivity index (χ1) is 29.8. The molecule has 0 aliphatic heterocycles. The number of hydrogen-bond acceptors (Lipinski definition) is 0. The van der Waals surface area contributed by atoms with Crippen LogP contribution >= 0.6 is 0 Å². The Bertz CT molecular complexity index is 2210. The molecule has 5 aliphatic rings. The predicted molar refractivity (Wildman–Crippen MR) is 254 cm³/mol. The Kier molecular flexibility index (Phi) is 8.95. The van der Waals surface area contributed by atoms with E-state index < -0.39 is 0 Å². The molecule has 0 atom stereocenters. The monoisotopic (exact) mass is 760 g/mol. The van der Waals surface area contributed by atoms with Crippen molar-refractivity contribution in [2.75, 3.05) is 0 Å². The van der Waals surface area contributed by atoms with Gasteiger partial charge in [-0.25, -0.2) is 0 Å². The second kappa shape index (κ2) is 15.2. The van der Waals surface area contributed by atoms with Gasteiger partial charge in [0.15, 0.2) is 0 Å². The van der Waals surface area contributed by atoms with E-state index in [9.17, 15) is 0 Å². The van der Waals surface area contributed by atoms with Gasteiger partial charge in [0.05, 0.1) is 0 Å². The van der Waals surface area contributed by atoms with E-state index in [1.807, 2.05) is 0 Å². The fraction of sp³-hybridized carbons (Fsp3) is 0. The number of rotatable bonds is 0. The Labute approximate surface area is 352 Å². The van der Waals surface area contributed by atoms with Crippen LogP contribution in [0.25, 0.3) is 111 Å². The zero-order valence-electron chi connectivity index (χ0n) is 33.1. The van der Waals surface area contributed by atoms with Gasteiger partial charge in [-0.05, 0) is 111 Å². The smallest absolute Gasteiger partial charge is 0.00990 e. The molecule has 10 aromatic rings. The van der Waals surface area contributed by atoms with Crippen LogP contribution in [0.3, 0.4) is 0 Å². The van der Waals surface area contributed by atoms with E-state index in [1.54, 1.807) is 0 Å². The average molecular weight is 761 g/mol. The summed E-state index contributed by atoms with van der Waals surface area (Å²) in [5, 5.41) is 0. The van der Waals surface area contributed by atoms with E-state index in [0.29, 0.717) is 0 Å². The summed E-state index contributed by atoms with van der Waals surface area (Å²) >= 11 is 0. The zero-order chi connectivity index (χ0) is 39.8. The summed E-state index contributed by atoms with van der Waals surface area (Å²) < 4.78 is 0. The van der Waals surface area contributed by atoms with E-state index in [-0.39, 0.29) is 0 Å². The molecular formula is C60H40. The minimum Gasteiger partial charge on any atom is -0.0616 e. The van der Waals surface area contributed by atoms with Crippen LogP contribution in [0.1, 0.15) is 0 Å². The van der Waals surface area contributed by atoms with E-state index in [1.165, 1.54) is 111 Å². The van der Waals surface area contributed by atoms with Gasteiger partial charge in [-0.3, -0.25) is 0 Å². The maximum atomic E-state index is 2.18. The lowest BCUT2D eigenvalue weighted by atomic mass is 9.81. The van der Waals surface area contributed by atoms with Gasteiger partial charge in [0.1, 0.15) is 0 Å². The summed E-state index contributed by atoms with van der Waals surface area (Å²) in [6.45, 7) is 0. The Morgan fingerprint density at radius 2 is 0.133 bits per heavy atom. The summed E-state index contributed by atoms with van der Waals surface area (Å²) in [7, 11) is 0. The fourth-order valence-corrected chi connectivity index (χ4v) is 9.22. The van der Waals surface area contributed by atoms with Crippen molar-refractivity contribution in [2.24, 2.45) is 0 Å². The standard InChI is InChI=1S/5C12H8/c5*1-2-6-10-9(5-1)11-7-3-4-8-12(10)11/h5*1-8H. The summed E-state index contributed by atoms with van der Waals surface area (Å²) in [4.78, 5) is 0. The molecule has 0 saturated carbocycles. The van der Waals surface area contributed by atoms with Crippen molar-refractivity contribution in [2.45, 2.75) is 0 Å². The molecule has 0 heterocycles. The van der Waals surface area contributed by atoms with Crippen LogP contribution in [0.4, 0.5) is 0 Å². The molecule has 15 rings (SSSR count). The minimum absolute atomic E-state index is 1.40. The average Bonchev–Trinajstić information content (AvgIpc) is 3.31. The molecule has 0 spiro atoms. The van der Waals surface area contributed by atoms with Crippen LogP contribution in [-0.2, 0) is 0 Å². The molecule has 0 fully saturated rings. The van der Waals surface area contributed by atoms with Gasteiger partial charge in [0.2, 0.25) is 0 Å². The summed E-state index contributed by atoms with van der Waals surface area (Å²) in [5.74, 6) is 0. The fourth-order valence-electron chi connectivity index (χ4n) is 9.22. The summed E-state index contributed by atoms with van der Waals surface area (Å²) in [6, 6.07) is 85.4. The molecule has 0 aromatic heterocycles. The van der Waals surface area contributed by atoms with Crippen LogP contribution in [-0.4, -0.2) is 0 Å². The van der Waals surface area contributed by atoms with Crippen molar-refractivity contribution in [1.29, 1.82) is 0 Å². The molecule has 280 valence electrons. The van der Waals surface area contributed by atoms with Gasteiger partial charge in [-0.1, -0.05) is 243 Å². The summed E-state index contributed by atoms with van der Waals surface area (Å²) in [5.41, 5.74) is 27.9. The van der Waals surface area contributed by atoms with E-state index in [2.05, 4.69) is 243 Å². The van der Waals surface area contributed by atoms with Gasteiger partial charge >= 0.3 is 0 Å². The Hall–Kier alpha value is -7.80. The Balaban J connectivity index is 0.0000000851. The third-order valence-electron chi connectivity index (χ3n) is 12.2. The van der Waals surface area contributed by atoms with Gasteiger partial charge in [-0.15, -0.1) is 0 Å². The van der Waals surface area contributed by atoms with Crippen LogP contribution in [0.5, 0.6) is 0 Å². The second-order valence-electron chi connectivity index (χ2n) is 15.5. The highest BCUT2D eigenvalue weighted by Crippen LogP contribution is 2.49. The molecular weight excluding hydrogens is 721 g/mol. The number of benzene rings is 10. The SMILES string of the molecule is c1ccc2c(c1)-c1ccccc1-2.c1ccc2c(c1)-c1ccccc1-2.c1ccc2c(c1)-c1ccccc1-2.c1ccc2c(c1)-c1ccccc1-2.c1ccc2c(c1)-c1ccccc1-2. The lowest BCUT2D eigenvalue weighted by Gasteiger charge is -2.22. The van der Waals surface area contributed by atoms with Crippen LogP contribution in [0.2, 0.25) is 0 Å². The molecule has 0 nitrogen and oxygen atoms in total. The summed E-state index contributed by atoms with van der Waals surface area (Å²) in [6.07, 6.45) is 0. The first-order valence-corrected chi connectivity index (χ1v) is 20.8. The zero-order valence-corrected chi connectivity index (χ0v) is 33.1. The normalized spacial score (nSPS) is 11.3. The molecule has 10 aromatic carbocycles. The van der Waals surface area contributed by atoms with Crippen LogP contribution in [0.15, 0.2) is 243 Å². The highest BCUT2D eigenvalue weighted by Gasteiger charge is 2.23. The Morgan fingerprint density at radius 1 is 0.0833 bits per heavy atom. The van der Waals surface area contributed by atoms with Crippen molar-refractivity contribution in [3.63, 3.8) is 0 Å². The molecule has 0 unspecified atom stereocenters. The van der Waals surface area contributed by atoms with Crippen molar-refractivity contribution >= 4 is 0 Å². The minimum atomic E-state index is 1.40. The molecule has 60 heavy (non-hydrogen) atoms. The van der Waals surface area contributed by atoms with E-state index in [0.717, 1.165) is 0 Å². The lowest BCUT2D eigenvalue weighted by Crippen LogP contribution is -1.96. The third-order valence-corrected chi connectivity index (χ3v) is 12.2. The van der Waals surface area contributed by atoms with Crippen molar-refractivity contribution in [3.05, 3.63) is 243 Å². The molecule has 0 bridgehead atoms. The molecule has 0 amide bonds. The number of hydrogen-bond donors (Lipinski definition) is 0. The molecule has 0 heteroatoms. The van der Waals surface area contributed by atoms with Crippen molar-refractivity contribution in [1.82, 2.24) is 0 Å². The highest BCUT2D eigenvalue weighted by molar-refractivity contribution is 6.05. The first kappa shape index (κ1) is 35.4. The molecule has 0 N–H and O–H groups in total. The highest BCUT2D eigenvalue weighted by atomic mass is 14.3. The van der Waals surface area contributed by atoms with Crippen LogP contribution in [0, 0.1) is 0 Å². The van der Waals surface area contributed by atoms with Crippen LogP contribution < -0.4 is 0 Å². The lowest BCUT2D eigenvalue weighted by molar-refractivity contribution is 1.52. The molecule has 0 radical (unpaired) electrons. The van der Waals surface area contributed by atoms with Crippen molar-refractivity contribution in [3.8, 4) is 111 Å². The number of fused-ring (bicyclic) bond motifs is 20. The van der Waals surface area contributed by atoms with Gasteiger partial charge in [0.25, 0.3) is 0 Å². The largest absolute Gasteiger partial charge is 0.0616 e. The van der Waals surface area contributed by atoms with Crippen molar-refractivity contribution < 1.29 is 0 Å². The molecule has 5 aliphatic carbocycles. The molecule has 0 saturated heterocycles. The quantitative estimate of drug-likeness (QED) is 0.144. The van der Waals surface area contributed by atoms with Gasteiger partial charge in [-0.2, -0.15) is 0 Å². The maximum absolute atomic E-state index is 2.18.